The average molecular weight is 258 g/mol. The summed E-state index contributed by atoms with van der Waals surface area (Å²) in [6.45, 7) is 7.18. The zero-order valence-electron chi connectivity index (χ0n) is 11.7. The molecule has 0 saturated heterocycles. The fourth-order valence-electron chi connectivity index (χ4n) is 2.71. The summed E-state index contributed by atoms with van der Waals surface area (Å²) in [5, 5.41) is 9.12. The van der Waals surface area contributed by atoms with Gasteiger partial charge in [0.25, 0.3) is 0 Å². The Hall–Kier alpha value is -2.02. The number of hydrogen-bond acceptors (Lipinski definition) is 4. The SMILES string of the molecule is COC(=O)c1cc(C#N)cc2c1C(C)CN2C(C)C. The Balaban J connectivity index is 2.66. The second kappa shape index (κ2) is 4.93. The number of nitrogens with zero attached hydrogens (tertiary/aromatic N) is 2. The standard InChI is InChI=1S/C15H18N2O2/c1-9(2)17-8-10(3)14-12(15(18)19-4)5-11(7-16)6-13(14)17/h5-6,9-10H,8H2,1-4H3. The molecule has 1 heterocycles. The third kappa shape index (κ3) is 2.17. The summed E-state index contributed by atoms with van der Waals surface area (Å²) in [4.78, 5) is 14.1. The van der Waals surface area contributed by atoms with Crippen molar-refractivity contribution in [1.29, 1.82) is 5.26 Å². The van der Waals surface area contributed by atoms with Crippen LogP contribution in [0, 0.1) is 11.3 Å². The van der Waals surface area contributed by atoms with Gasteiger partial charge in [-0.2, -0.15) is 5.26 Å². The van der Waals surface area contributed by atoms with Crippen molar-refractivity contribution < 1.29 is 9.53 Å². The van der Waals surface area contributed by atoms with Crippen LogP contribution in [-0.4, -0.2) is 25.7 Å². The molecule has 0 amide bonds. The van der Waals surface area contributed by atoms with Crippen LogP contribution in [0.15, 0.2) is 12.1 Å². The van der Waals surface area contributed by atoms with Crippen molar-refractivity contribution in [3.8, 4) is 6.07 Å². The van der Waals surface area contributed by atoms with Crippen molar-refractivity contribution in [1.82, 2.24) is 0 Å². The second-order valence-electron chi connectivity index (χ2n) is 5.21. The van der Waals surface area contributed by atoms with Crippen molar-refractivity contribution in [3.05, 3.63) is 28.8 Å². The molecule has 2 rings (SSSR count). The van der Waals surface area contributed by atoms with Crippen molar-refractivity contribution in [2.45, 2.75) is 32.7 Å². The molecule has 0 bridgehead atoms. The first-order chi connectivity index (χ1) is 8.99. The molecule has 1 aliphatic heterocycles. The molecule has 0 aromatic heterocycles. The van der Waals surface area contributed by atoms with Gasteiger partial charge in [-0.05, 0) is 31.5 Å². The van der Waals surface area contributed by atoms with E-state index >= 15 is 0 Å². The number of rotatable bonds is 2. The highest BCUT2D eigenvalue weighted by molar-refractivity contribution is 5.94. The highest BCUT2D eigenvalue weighted by atomic mass is 16.5. The van der Waals surface area contributed by atoms with Gasteiger partial charge in [0.2, 0.25) is 0 Å². The monoisotopic (exact) mass is 258 g/mol. The van der Waals surface area contributed by atoms with E-state index in [2.05, 4.69) is 31.7 Å². The molecule has 100 valence electrons. The fraction of sp³-hybridized carbons (Fsp3) is 0.467. The number of methoxy groups -OCH3 is 1. The van der Waals surface area contributed by atoms with E-state index in [1.165, 1.54) is 7.11 Å². The zero-order chi connectivity index (χ0) is 14.2. The maximum atomic E-state index is 11.9. The van der Waals surface area contributed by atoms with Crippen molar-refractivity contribution >= 4 is 11.7 Å². The molecule has 0 spiro atoms. The van der Waals surface area contributed by atoms with E-state index in [-0.39, 0.29) is 11.9 Å². The Labute approximate surface area is 113 Å². The van der Waals surface area contributed by atoms with Crippen LogP contribution in [0.4, 0.5) is 5.69 Å². The van der Waals surface area contributed by atoms with E-state index in [0.29, 0.717) is 17.2 Å². The van der Waals surface area contributed by atoms with Gasteiger partial charge in [0.1, 0.15) is 0 Å². The van der Waals surface area contributed by atoms with Gasteiger partial charge in [-0.25, -0.2) is 4.79 Å². The normalized spacial score (nSPS) is 17.3. The summed E-state index contributed by atoms with van der Waals surface area (Å²) >= 11 is 0. The molecule has 0 aliphatic carbocycles. The van der Waals surface area contributed by atoms with Crippen LogP contribution in [0.3, 0.4) is 0 Å². The van der Waals surface area contributed by atoms with E-state index in [1.54, 1.807) is 6.07 Å². The van der Waals surface area contributed by atoms with E-state index in [1.807, 2.05) is 6.07 Å². The summed E-state index contributed by atoms with van der Waals surface area (Å²) in [5.74, 6) is -0.106. The fourth-order valence-corrected chi connectivity index (χ4v) is 2.71. The average Bonchev–Trinajstić information content (AvgIpc) is 2.74. The Kier molecular flexibility index (Phi) is 3.48. The summed E-state index contributed by atoms with van der Waals surface area (Å²) in [6, 6.07) is 5.95. The quantitative estimate of drug-likeness (QED) is 0.765. The van der Waals surface area contributed by atoms with Gasteiger partial charge in [-0.15, -0.1) is 0 Å². The molecule has 0 radical (unpaired) electrons. The molecule has 1 aromatic carbocycles. The summed E-state index contributed by atoms with van der Waals surface area (Å²) < 4.78 is 4.84. The maximum Gasteiger partial charge on any atom is 0.338 e. The molecule has 1 atom stereocenters. The third-order valence-corrected chi connectivity index (χ3v) is 3.59. The van der Waals surface area contributed by atoms with Gasteiger partial charge in [0, 0.05) is 24.2 Å². The van der Waals surface area contributed by atoms with E-state index in [4.69, 9.17) is 10.00 Å². The number of benzene rings is 1. The Morgan fingerprint density at radius 3 is 2.74 bits per heavy atom. The second-order valence-corrected chi connectivity index (χ2v) is 5.21. The van der Waals surface area contributed by atoms with E-state index in [0.717, 1.165) is 17.8 Å². The smallest absolute Gasteiger partial charge is 0.338 e. The summed E-state index contributed by atoms with van der Waals surface area (Å²) in [7, 11) is 1.37. The number of carbonyl (C=O) groups excluding carboxylic acids is 1. The molecule has 19 heavy (non-hydrogen) atoms. The molecule has 0 fully saturated rings. The molecule has 1 aromatic rings. The van der Waals surface area contributed by atoms with Crippen LogP contribution >= 0.6 is 0 Å². The van der Waals surface area contributed by atoms with Crippen molar-refractivity contribution in [2.75, 3.05) is 18.6 Å². The minimum atomic E-state index is -0.370. The van der Waals surface area contributed by atoms with Crippen molar-refractivity contribution in [2.24, 2.45) is 0 Å². The van der Waals surface area contributed by atoms with Crippen LogP contribution in [0.5, 0.6) is 0 Å². The molecule has 1 unspecified atom stereocenters. The van der Waals surface area contributed by atoms with E-state index in [9.17, 15) is 4.79 Å². The lowest BCUT2D eigenvalue weighted by Gasteiger charge is -2.24. The van der Waals surface area contributed by atoms with Gasteiger partial charge >= 0.3 is 5.97 Å². The minimum Gasteiger partial charge on any atom is -0.465 e. The van der Waals surface area contributed by atoms with Crippen LogP contribution in [-0.2, 0) is 4.74 Å². The van der Waals surface area contributed by atoms with Gasteiger partial charge in [-0.3, -0.25) is 0 Å². The number of fused-ring (bicyclic) bond motifs is 1. The topological polar surface area (TPSA) is 53.3 Å². The first-order valence-corrected chi connectivity index (χ1v) is 6.42. The largest absolute Gasteiger partial charge is 0.465 e. The Bertz CT molecular complexity index is 558. The van der Waals surface area contributed by atoms with Crippen LogP contribution in [0.1, 0.15) is 48.2 Å². The number of esters is 1. The number of anilines is 1. The predicted octanol–water partition coefficient (Wildman–Crippen LogP) is 2.68. The highest BCUT2D eigenvalue weighted by Gasteiger charge is 2.32. The highest BCUT2D eigenvalue weighted by Crippen LogP contribution is 2.40. The molecular weight excluding hydrogens is 240 g/mol. The first-order valence-electron chi connectivity index (χ1n) is 6.42. The van der Waals surface area contributed by atoms with Crippen LogP contribution in [0.25, 0.3) is 0 Å². The van der Waals surface area contributed by atoms with Crippen molar-refractivity contribution in [3.63, 3.8) is 0 Å². The number of ether oxygens (including phenoxy) is 1. The minimum absolute atomic E-state index is 0.263. The van der Waals surface area contributed by atoms with Gasteiger partial charge in [0.05, 0.1) is 24.3 Å². The summed E-state index contributed by atoms with van der Waals surface area (Å²) in [6.07, 6.45) is 0. The third-order valence-electron chi connectivity index (χ3n) is 3.59. The zero-order valence-corrected chi connectivity index (χ0v) is 11.7. The maximum absolute atomic E-state index is 11.9. The number of carbonyl (C=O) groups is 1. The number of hydrogen-bond donors (Lipinski definition) is 0. The molecule has 4 heteroatoms. The lowest BCUT2D eigenvalue weighted by molar-refractivity contribution is 0.0599. The molecule has 0 N–H and O–H groups in total. The first kappa shape index (κ1) is 13.4. The van der Waals surface area contributed by atoms with Gasteiger partial charge in [0.15, 0.2) is 0 Å². The van der Waals surface area contributed by atoms with Crippen LogP contribution < -0.4 is 4.90 Å². The predicted molar refractivity (Wildman–Crippen MR) is 73.4 cm³/mol. The van der Waals surface area contributed by atoms with Gasteiger partial charge < -0.3 is 9.64 Å². The Morgan fingerprint density at radius 2 is 2.21 bits per heavy atom. The summed E-state index contributed by atoms with van der Waals surface area (Å²) in [5.41, 5.74) is 3.01. The molecule has 0 saturated carbocycles. The lowest BCUT2D eigenvalue weighted by atomic mass is 9.95. The molecule has 1 aliphatic rings. The lowest BCUT2D eigenvalue weighted by Crippen LogP contribution is -2.29. The number of nitriles is 1. The van der Waals surface area contributed by atoms with Gasteiger partial charge in [-0.1, -0.05) is 6.92 Å². The van der Waals surface area contributed by atoms with E-state index < -0.39 is 0 Å². The Morgan fingerprint density at radius 1 is 1.53 bits per heavy atom. The van der Waals surface area contributed by atoms with Crippen LogP contribution in [0.2, 0.25) is 0 Å². The molecule has 4 nitrogen and oxygen atoms in total. The molecular formula is C15H18N2O2.